The summed E-state index contributed by atoms with van der Waals surface area (Å²) in [6.07, 6.45) is 2.34. The number of benzene rings is 1. The van der Waals surface area contributed by atoms with Gasteiger partial charge in [0.2, 0.25) is 0 Å². The highest BCUT2D eigenvalue weighted by Crippen LogP contribution is 2.19. The summed E-state index contributed by atoms with van der Waals surface area (Å²) in [5.74, 6) is 0.437. The second-order valence-corrected chi connectivity index (χ2v) is 4.86. The largest absolute Gasteiger partial charge is 0.388 e. The fourth-order valence-corrected chi connectivity index (χ4v) is 1.87. The average Bonchev–Trinajstić information content (AvgIpc) is 2.88. The first-order chi connectivity index (χ1) is 8.61. The predicted octanol–water partition coefficient (Wildman–Crippen LogP) is 3.44. The van der Waals surface area contributed by atoms with Crippen molar-refractivity contribution < 1.29 is 5.11 Å². The number of nitrogens with zero attached hydrogens (tertiary/aromatic N) is 2. The van der Waals surface area contributed by atoms with E-state index in [1.165, 1.54) is 0 Å². The fourth-order valence-electron chi connectivity index (χ4n) is 1.87. The predicted molar refractivity (Wildman–Crippen MR) is 72.9 cm³/mol. The SMILES string of the molecule is CCC(O)c1ccc(-n2ccc(C(C)C)n2)cc1. The molecule has 0 aliphatic carbocycles. The molecule has 1 unspecified atom stereocenters. The first kappa shape index (κ1) is 12.8. The zero-order chi connectivity index (χ0) is 13.1. The third-order valence-electron chi connectivity index (χ3n) is 3.13. The topological polar surface area (TPSA) is 38.0 Å². The van der Waals surface area contributed by atoms with Gasteiger partial charge in [0.1, 0.15) is 0 Å². The van der Waals surface area contributed by atoms with Gasteiger partial charge in [-0.2, -0.15) is 5.10 Å². The van der Waals surface area contributed by atoms with Crippen molar-refractivity contribution in [1.82, 2.24) is 9.78 Å². The van der Waals surface area contributed by atoms with Crippen molar-refractivity contribution >= 4 is 0 Å². The molecular weight excluding hydrogens is 224 g/mol. The van der Waals surface area contributed by atoms with Gasteiger partial charge in [-0.25, -0.2) is 4.68 Å². The van der Waals surface area contributed by atoms with Gasteiger partial charge in [0.05, 0.1) is 17.5 Å². The van der Waals surface area contributed by atoms with Crippen LogP contribution in [-0.2, 0) is 0 Å². The van der Waals surface area contributed by atoms with E-state index in [2.05, 4.69) is 18.9 Å². The second kappa shape index (κ2) is 5.36. The molecule has 2 aromatic rings. The van der Waals surface area contributed by atoms with E-state index in [1.807, 2.05) is 48.1 Å². The summed E-state index contributed by atoms with van der Waals surface area (Å²) in [7, 11) is 0. The molecule has 0 spiro atoms. The minimum atomic E-state index is -0.372. The van der Waals surface area contributed by atoms with Crippen LogP contribution in [0.1, 0.15) is 50.5 Å². The Balaban J connectivity index is 2.23. The highest BCUT2D eigenvalue weighted by Gasteiger charge is 2.07. The van der Waals surface area contributed by atoms with Gasteiger partial charge in [0.15, 0.2) is 0 Å². The monoisotopic (exact) mass is 244 g/mol. The number of rotatable bonds is 4. The summed E-state index contributed by atoms with van der Waals surface area (Å²) in [5, 5.41) is 14.3. The Bertz CT molecular complexity index is 499. The van der Waals surface area contributed by atoms with Crippen LogP contribution in [0.25, 0.3) is 5.69 Å². The Labute approximate surface area is 108 Å². The highest BCUT2D eigenvalue weighted by atomic mass is 16.3. The van der Waals surface area contributed by atoms with E-state index in [-0.39, 0.29) is 6.10 Å². The van der Waals surface area contributed by atoms with Crippen LogP contribution in [0.15, 0.2) is 36.5 Å². The molecule has 0 saturated heterocycles. The third-order valence-corrected chi connectivity index (χ3v) is 3.13. The quantitative estimate of drug-likeness (QED) is 0.894. The molecule has 0 amide bonds. The Hall–Kier alpha value is -1.61. The molecule has 1 aromatic heterocycles. The minimum Gasteiger partial charge on any atom is -0.388 e. The molecular formula is C15H20N2O. The van der Waals surface area contributed by atoms with Gasteiger partial charge in [-0.05, 0) is 36.1 Å². The molecule has 2 rings (SSSR count). The van der Waals surface area contributed by atoms with Crippen molar-refractivity contribution in [3.8, 4) is 5.69 Å². The van der Waals surface area contributed by atoms with Crippen molar-refractivity contribution in [2.75, 3.05) is 0 Å². The molecule has 1 N–H and O–H groups in total. The van der Waals surface area contributed by atoms with E-state index < -0.39 is 0 Å². The summed E-state index contributed by atoms with van der Waals surface area (Å²) in [6.45, 7) is 6.24. The van der Waals surface area contributed by atoms with Gasteiger partial charge in [-0.15, -0.1) is 0 Å². The van der Waals surface area contributed by atoms with E-state index in [9.17, 15) is 5.11 Å². The average molecular weight is 244 g/mol. The third kappa shape index (κ3) is 2.62. The van der Waals surface area contributed by atoms with Crippen molar-refractivity contribution in [2.45, 2.75) is 39.2 Å². The van der Waals surface area contributed by atoms with Gasteiger partial charge in [0.25, 0.3) is 0 Å². The zero-order valence-corrected chi connectivity index (χ0v) is 11.2. The molecule has 0 bridgehead atoms. The Morgan fingerprint density at radius 2 is 1.83 bits per heavy atom. The minimum absolute atomic E-state index is 0.372. The normalized spacial score (nSPS) is 12.9. The zero-order valence-electron chi connectivity index (χ0n) is 11.2. The first-order valence-corrected chi connectivity index (χ1v) is 6.45. The number of aromatic nitrogens is 2. The molecule has 18 heavy (non-hydrogen) atoms. The van der Waals surface area contributed by atoms with Gasteiger partial charge >= 0.3 is 0 Å². The molecule has 0 aliphatic rings. The van der Waals surface area contributed by atoms with Crippen LogP contribution >= 0.6 is 0 Å². The standard InChI is InChI=1S/C15H20N2O/c1-4-15(18)12-5-7-13(8-6-12)17-10-9-14(16-17)11(2)3/h5-11,15,18H,4H2,1-3H3. The van der Waals surface area contributed by atoms with E-state index in [4.69, 9.17) is 0 Å². The van der Waals surface area contributed by atoms with Gasteiger partial charge in [-0.1, -0.05) is 32.9 Å². The van der Waals surface area contributed by atoms with Crippen molar-refractivity contribution in [1.29, 1.82) is 0 Å². The van der Waals surface area contributed by atoms with Crippen molar-refractivity contribution in [3.05, 3.63) is 47.8 Å². The number of aliphatic hydroxyl groups excluding tert-OH is 1. The highest BCUT2D eigenvalue weighted by molar-refractivity contribution is 5.35. The lowest BCUT2D eigenvalue weighted by molar-refractivity contribution is 0.173. The number of hydrogen-bond acceptors (Lipinski definition) is 2. The molecule has 0 saturated carbocycles. The summed E-state index contributed by atoms with van der Waals surface area (Å²) in [5.41, 5.74) is 3.07. The second-order valence-electron chi connectivity index (χ2n) is 4.86. The van der Waals surface area contributed by atoms with Crippen molar-refractivity contribution in [3.63, 3.8) is 0 Å². The molecule has 0 radical (unpaired) electrons. The van der Waals surface area contributed by atoms with Crippen LogP contribution in [0.5, 0.6) is 0 Å². The smallest absolute Gasteiger partial charge is 0.0787 e. The Kier molecular flexibility index (Phi) is 3.82. The summed E-state index contributed by atoms with van der Waals surface area (Å²) < 4.78 is 1.87. The molecule has 1 aromatic carbocycles. The molecule has 0 aliphatic heterocycles. The summed E-state index contributed by atoms with van der Waals surface area (Å²) in [4.78, 5) is 0. The fraction of sp³-hybridized carbons (Fsp3) is 0.400. The number of aliphatic hydroxyl groups is 1. The van der Waals surface area contributed by atoms with Gasteiger partial charge in [-0.3, -0.25) is 0 Å². The lowest BCUT2D eigenvalue weighted by Crippen LogP contribution is -1.99. The molecule has 3 heteroatoms. The summed E-state index contributed by atoms with van der Waals surface area (Å²) in [6, 6.07) is 9.94. The maximum atomic E-state index is 9.75. The van der Waals surface area contributed by atoms with Gasteiger partial charge in [0, 0.05) is 6.20 Å². The number of hydrogen-bond donors (Lipinski definition) is 1. The maximum absolute atomic E-state index is 9.75. The first-order valence-electron chi connectivity index (χ1n) is 6.45. The Morgan fingerprint density at radius 3 is 2.33 bits per heavy atom. The van der Waals surface area contributed by atoms with Crippen LogP contribution in [0.3, 0.4) is 0 Å². The van der Waals surface area contributed by atoms with Crippen LogP contribution in [0.4, 0.5) is 0 Å². The molecule has 96 valence electrons. The maximum Gasteiger partial charge on any atom is 0.0787 e. The lowest BCUT2D eigenvalue weighted by atomic mass is 10.1. The summed E-state index contributed by atoms with van der Waals surface area (Å²) >= 11 is 0. The van der Waals surface area contributed by atoms with Crippen LogP contribution in [-0.4, -0.2) is 14.9 Å². The van der Waals surface area contributed by atoms with Crippen LogP contribution in [0, 0.1) is 0 Å². The Morgan fingerprint density at radius 1 is 1.17 bits per heavy atom. The molecule has 0 fully saturated rings. The van der Waals surface area contributed by atoms with Gasteiger partial charge < -0.3 is 5.11 Å². The molecule has 1 heterocycles. The molecule has 1 atom stereocenters. The van der Waals surface area contributed by atoms with Crippen molar-refractivity contribution in [2.24, 2.45) is 0 Å². The van der Waals surface area contributed by atoms with Crippen LogP contribution < -0.4 is 0 Å². The van der Waals surface area contributed by atoms with E-state index in [0.717, 1.165) is 23.4 Å². The molecule has 3 nitrogen and oxygen atoms in total. The van der Waals surface area contributed by atoms with E-state index >= 15 is 0 Å². The van der Waals surface area contributed by atoms with E-state index in [1.54, 1.807) is 0 Å². The van der Waals surface area contributed by atoms with Crippen LogP contribution in [0.2, 0.25) is 0 Å². The van der Waals surface area contributed by atoms with E-state index in [0.29, 0.717) is 5.92 Å². The lowest BCUT2D eigenvalue weighted by Gasteiger charge is -2.09.